The van der Waals surface area contributed by atoms with E-state index >= 15 is 0 Å². The van der Waals surface area contributed by atoms with Crippen LogP contribution in [0.2, 0.25) is 0 Å². The number of ether oxygens (including phenoxy) is 2. The van der Waals surface area contributed by atoms with Gasteiger partial charge in [-0.2, -0.15) is 0 Å². The van der Waals surface area contributed by atoms with Crippen molar-refractivity contribution in [3.05, 3.63) is 31.2 Å². The predicted molar refractivity (Wildman–Crippen MR) is 44.0 cm³/mol. The van der Waals surface area contributed by atoms with Crippen LogP contribution in [0.5, 0.6) is 11.5 Å². The normalized spacial score (nSPS) is 9.17. The molecule has 3 nitrogen and oxygen atoms in total. The molecule has 1 aromatic rings. The molecule has 0 unspecified atom stereocenters. The quantitative estimate of drug-likeness (QED) is 0.491. The lowest BCUT2D eigenvalue weighted by Gasteiger charge is -2.05. The number of carbonyl (C=O) groups excluding carboxylic acids is 1. The van der Waals surface area contributed by atoms with E-state index in [2.05, 4.69) is 6.92 Å². The van der Waals surface area contributed by atoms with Crippen LogP contribution in [0.3, 0.4) is 0 Å². The van der Waals surface area contributed by atoms with Crippen LogP contribution in [-0.4, -0.2) is 13.1 Å². The molecule has 1 aromatic carbocycles. The highest BCUT2D eigenvalue weighted by atomic mass is 16.6. The van der Waals surface area contributed by atoms with Gasteiger partial charge in [0, 0.05) is 0 Å². The maximum absolute atomic E-state index is 10.5. The van der Waals surface area contributed by atoms with Crippen LogP contribution in [0.25, 0.3) is 0 Å². The third kappa shape index (κ3) is 1.99. The molecule has 0 bridgehead atoms. The second kappa shape index (κ2) is 3.76. The third-order valence-electron chi connectivity index (χ3n) is 1.29. The average Bonchev–Trinajstić information content (AvgIpc) is 2.04. The summed E-state index contributed by atoms with van der Waals surface area (Å²) in [6.07, 6.45) is 0. The van der Waals surface area contributed by atoms with Gasteiger partial charge >= 0.3 is 5.97 Å². The first-order valence-electron chi connectivity index (χ1n) is 3.41. The minimum Gasteiger partial charge on any atom is -0.493 e. The van der Waals surface area contributed by atoms with Crippen molar-refractivity contribution in [3.8, 4) is 11.5 Å². The van der Waals surface area contributed by atoms with Gasteiger partial charge < -0.3 is 9.47 Å². The van der Waals surface area contributed by atoms with Gasteiger partial charge in [0.25, 0.3) is 0 Å². The van der Waals surface area contributed by atoms with Gasteiger partial charge in [0.05, 0.1) is 14.0 Å². The van der Waals surface area contributed by atoms with E-state index < -0.39 is 5.97 Å². The molecule has 0 saturated heterocycles. The van der Waals surface area contributed by atoms with Crippen molar-refractivity contribution in [3.63, 3.8) is 0 Å². The number of hydrogen-bond acceptors (Lipinski definition) is 3. The second-order valence-electron chi connectivity index (χ2n) is 2.12. The van der Waals surface area contributed by atoms with Crippen molar-refractivity contribution in [2.45, 2.75) is 0 Å². The number of para-hydroxylation sites is 2. The lowest BCUT2D eigenvalue weighted by Crippen LogP contribution is -2.02. The Bertz CT molecular complexity index is 281. The van der Waals surface area contributed by atoms with Crippen LogP contribution in [0, 0.1) is 6.92 Å². The van der Waals surface area contributed by atoms with E-state index in [1.807, 2.05) is 0 Å². The zero-order valence-electron chi connectivity index (χ0n) is 6.74. The number of rotatable bonds is 2. The Hall–Kier alpha value is -1.51. The zero-order chi connectivity index (χ0) is 8.97. The minimum atomic E-state index is -0.598. The summed E-state index contributed by atoms with van der Waals surface area (Å²) in [4.78, 5) is 10.5. The molecule has 0 saturated carbocycles. The Morgan fingerprint density at radius 2 is 1.92 bits per heavy atom. The SMILES string of the molecule is [CH2]C(=O)Oc1ccccc1OC. The number of carbonyl (C=O) groups is 1. The standard InChI is InChI=1S/C9H9O3/c1-7(10)12-9-6-4-3-5-8(9)11-2/h3-6H,1H2,2H3. The molecule has 3 heteroatoms. The molecule has 0 N–H and O–H groups in total. The molecule has 0 aliphatic carbocycles. The fourth-order valence-corrected chi connectivity index (χ4v) is 0.826. The Morgan fingerprint density at radius 3 is 2.42 bits per heavy atom. The number of esters is 1. The van der Waals surface area contributed by atoms with Crippen LogP contribution < -0.4 is 9.47 Å². The van der Waals surface area contributed by atoms with Crippen molar-refractivity contribution < 1.29 is 14.3 Å². The van der Waals surface area contributed by atoms with E-state index in [4.69, 9.17) is 9.47 Å². The van der Waals surface area contributed by atoms with Crippen molar-refractivity contribution in [1.82, 2.24) is 0 Å². The molecule has 0 fully saturated rings. The predicted octanol–water partition coefficient (Wildman–Crippen LogP) is 1.43. The molecular formula is C9H9O3. The largest absolute Gasteiger partial charge is 0.493 e. The van der Waals surface area contributed by atoms with Crippen molar-refractivity contribution in [2.24, 2.45) is 0 Å². The van der Waals surface area contributed by atoms with Crippen LogP contribution in [0.4, 0.5) is 0 Å². The van der Waals surface area contributed by atoms with Gasteiger partial charge in [-0.25, -0.2) is 0 Å². The smallest absolute Gasteiger partial charge is 0.311 e. The summed E-state index contributed by atoms with van der Waals surface area (Å²) in [7, 11) is 1.51. The molecule has 12 heavy (non-hydrogen) atoms. The molecule has 0 atom stereocenters. The number of hydrogen-bond donors (Lipinski definition) is 0. The van der Waals surface area contributed by atoms with Crippen molar-refractivity contribution >= 4 is 5.97 Å². The molecular weight excluding hydrogens is 156 g/mol. The Morgan fingerprint density at radius 1 is 1.33 bits per heavy atom. The Labute approximate surface area is 70.9 Å². The van der Waals surface area contributed by atoms with Crippen molar-refractivity contribution in [1.29, 1.82) is 0 Å². The van der Waals surface area contributed by atoms with Gasteiger partial charge in [0.1, 0.15) is 0 Å². The summed E-state index contributed by atoms with van der Waals surface area (Å²) in [5.74, 6) is 0.314. The fraction of sp³-hybridized carbons (Fsp3) is 0.111. The average molecular weight is 165 g/mol. The highest BCUT2D eigenvalue weighted by molar-refractivity contribution is 5.77. The summed E-state index contributed by atoms with van der Waals surface area (Å²) in [5, 5.41) is 0. The molecule has 0 aliphatic rings. The Balaban J connectivity index is 2.89. The molecule has 0 amide bonds. The van der Waals surface area contributed by atoms with Gasteiger partial charge in [-0.1, -0.05) is 12.1 Å². The van der Waals surface area contributed by atoms with Crippen LogP contribution >= 0.6 is 0 Å². The summed E-state index contributed by atoms with van der Waals surface area (Å²) >= 11 is 0. The van der Waals surface area contributed by atoms with Gasteiger partial charge in [-0.15, -0.1) is 0 Å². The minimum absolute atomic E-state index is 0.389. The zero-order valence-corrected chi connectivity index (χ0v) is 6.74. The molecule has 0 aromatic heterocycles. The first-order valence-corrected chi connectivity index (χ1v) is 3.41. The number of methoxy groups -OCH3 is 1. The fourth-order valence-electron chi connectivity index (χ4n) is 0.826. The lowest BCUT2D eigenvalue weighted by atomic mass is 10.3. The van der Waals surface area contributed by atoms with E-state index in [9.17, 15) is 4.79 Å². The first-order chi connectivity index (χ1) is 5.74. The monoisotopic (exact) mass is 165 g/mol. The summed E-state index contributed by atoms with van der Waals surface area (Å²) in [5.41, 5.74) is 0. The van der Waals surface area contributed by atoms with Crippen molar-refractivity contribution in [2.75, 3.05) is 7.11 Å². The van der Waals surface area contributed by atoms with E-state index in [1.54, 1.807) is 24.3 Å². The van der Waals surface area contributed by atoms with Gasteiger partial charge in [0.2, 0.25) is 0 Å². The Kier molecular flexibility index (Phi) is 2.69. The van der Waals surface area contributed by atoms with Crippen LogP contribution in [0.15, 0.2) is 24.3 Å². The molecule has 0 heterocycles. The summed E-state index contributed by atoms with van der Waals surface area (Å²) in [6.45, 7) is 3.09. The molecule has 1 rings (SSSR count). The molecule has 0 aliphatic heterocycles. The van der Waals surface area contributed by atoms with Crippen LogP contribution in [-0.2, 0) is 4.79 Å². The third-order valence-corrected chi connectivity index (χ3v) is 1.29. The maximum Gasteiger partial charge on any atom is 0.311 e. The summed E-state index contributed by atoms with van der Waals surface area (Å²) in [6, 6.07) is 6.89. The van der Waals surface area contributed by atoms with E-state index in [-0.39, 0.29) is 0 Å². The highest BCUT2D eigenvalue weighted by Crippen LogP contribution is 2.25. The van der Waals surface area contributed by atoms with Gasteiger partial charge in [0.15, 0.2) is 11.5 Å². The molecule has 1 radical (unpaired) electrons. The van der Waals surface area contributed by atoms with Gasteiger partial charge in [-0.05, 0) is 12.1 Å². The van der Waals surface area contributed by atoms with E-state index in [0.29, 0.717) is 11.5 Å². The van der Waals surface area contributed by atoms with E-state index in [0.717, 1.165) is 0 Å². The number of benzene rings is 1. The summed E-state index contributed by atoms with van der Waals surface area (Å²) < 4.78 is 9.70. The lowest BCUT2D eigenvalue weighted by molar-refractivity contribution is -0.129. The molecule has 63 valence electrons. The second-order valence-corrected chi connectivity index (χ2v) is 2.12. The van der Waals surface area contributed by atoms with Crippen LogP contribution in [0.1, 0.15) is 0 Å². The first kappa shape index (κ1) is 8.59. The maximum atomic E-state index is 10.5. The highest BCUT2D eigenvalue weighted by Gasteiger charge is 2.03. The van der Waals surface area contributed by atoms with E-state index in [1.165, 1.54) is 7.11 Å². The van der Waals surface area contributed by atoms with Gasteiger partial charge in [-0.3, -0.25) is 4.79 Å². The topological polar surface area (TPSA) is 35.5 Å². The molecule has 0 spiro atoms.